The van der Waals surface area contributed by atoms with E-state index in [2.05, 4.69) is 21.2 Å². The molecule has 0 saturated carbocycles. The van der Waals surface area contributed by atoms with Crippen LogP contribution in [0.15, 0.2) is 22.7 Å². The minimum Gasteiger partial charge on any atom is -0.468 e. The maximum atomic E-state index is 13.2. The van der Waals surface area contributed by atoms with Crippen LogP contribution in [0, 0.1) is 5.82 Å². The van der Waals surface area contributed by atoms with Crippen LogP contribution < -0.4 is 5.32 Å². The van der Waals surface area contributed by atoms with Crippen molar-refractivity contribution < 1.29 is 13.9 Å². The van der Waals surface area contributed by atoms with Gasteiger partial charge in [-0.25, -0.2) is 9.18 Å². The molecule has 0 radical (unpaired) electrons. The van der Waals surface area contributed by atoms with E-state index < -0.39 is 12.0 Å². The molecule has 0 heterocycles. The van der Waals surface area contributed by atoms with Crippen LogP contribution in [0.5, 0.6) is 0 Å². The first-order chi connectivity index (χ1) is 7.95. The second-order valence-corrected chi connectivity index (χ2v) is 4.80. The Kier molecular flexibility index (Phi) is 5.08. The molecule has 0 bridgehead atoms. The first kappa shape index (κ1) is 14.1. The van der Waals surface area contributed by atoms with Crippen LogP contribution >= 0.6 is 15.9 Å². The molecule has 1 unspecified atom stereocenters. The molecule has 0 aliphatic rings. The number of rotatable bonds is 4. The lowest BCUT2D eigenvalue weighted by Crippen LogP contribution is -2.34. The third-order valence-electron chi connectivity index (χ3n) is 2.21. The number of esters is 1. The van der Waals surface area contributed by atoms with Gasteiger partial charge in [0.25, 0.3) is 0 Å². The van der Waals surface area contributed by atoms with E-state index >= 15 is 0 Å². The van der Waals surface area contributed by atoms with Crippen molar-refractivity contribution in [1.29, 1.82) is 0 Å². The number of nitrogens with one attached hydrogen (secondary N) is 1. The fraction of sp³-hybridized carbons (Fsp3) is 0.417. The van der Waals surface area contributed by atoms with E-state index in [-0.39, 0.29) is 11.9 Å². The van der Waals surface area contributed by atoms with E-state index in [4.69, 9.17) is 4.74 Å². The first-order valence-electron chi connectivity index (χ1n) is 5.24. The Hall–Kier alpha value is -0.940. The van der Waals surface area contributed by atoms with E-state index in [9.17, 15) is 9.18 Å². The zero-order chi connectivity index (χ0) is 13.0. The Bertz CT molecular complexity index is 409. The highest BCUT2D eigenvalue weighted by Crippen LogP contribution is 2.25. The zero-order valence-corrected chi connectivity index (χ0v) is 11.5. The normalized spacial score (nSPS) is 12.6. The van der Waals surface area contributed by atoms with Gasteiger partial charge in [-0.1, -0.05) is 15.9 Å². The molecule has 1 N–H and O–H groups in total. The van der Waals surface area contributed by atoms with Gasteiger partial charge in [0.2, 0.25) is 0 Å². The molecule has 0 aliphatic carbocycles. The summed E-state index contributed by atoms with van der Waals surface area (Å²) >= 11 is 3.30. The van der Waals surface area contributed by atoms with Crippen LogP contribution in [0.25, 0.3) is 0 Å². The largest absolute Gasteiger partial charge is 0.468 e. The minimum atomic E-state index is -0.676. The smallest absolute Gasteiger partial charge is 0.327 e. The van der Waals surface area contributed by atoms with E-state index in [1.54, 1.807) is 6.07 Å². The Labute approximate surface area is 108 Å². The van der Waals surface area contributed by atoms with Crippen LogP contribution in [-0.4, -0.2) is 19.1 Å². The van der Waals surface area contributed by atoms with Gasteiger partial charge in [-0.3, -0.25) is 5.32 Å². The maximum absolute atomic E-state index is 13.2. The molecule has 0 amide bonds. The van der Waals surface area contributed by atoms with Gasteiger partial charge in [-0.2, -0.15) is 0 Å². The second kappa shape index (κ2) is 6.12. The number of ether oxygens (including phenoxy) is 1. The predicted molar refractivity (Wildman–Crippen MR) is 67.1 cm³/mol. The molecule has 1 atom stereocenters. The quantitative estimate of drug-likeness (QED) is 0.869. The van der Waals surface area contributed by atoms with E-state index in [1.807, 2.05) is 13.8 Å². The average molecular weight is 304 g/mol. The van der Waals surface area contributed by atoms with Crippen molar-refractivity contribution >= 4 is 21.9 Å². The van der Waals surface area contributed by atoms with Crippen LogP contribution in [0.1, 0.15) is 25.5 Å². The van der Waals surface area contributed by atoms with Gasteiger partial charge >= 0.3 is 5.97 Å². The first-order valence-corrected chi connectivity index (χ1v) is 6.03. The van der Waals surface area contributed by atoms with Crippen molar-refractivity contribution in [2.24, 2.45) is 0 Å². The number of carbonyl (C=O) groups is 1. The average Bonchev–Trinajstić information content (AvgIpc) is 2.28. The van der Waals surface area contributed by atoms with E-state index in [0.717, 1.165) is 0 Å². The Morgan fingerprint density at radius 1 is 1.47 bits per heavy atom. The molecule has 0 saturated heterocycles. The fourth-order valence-corrected chi connectivity index (χ4v) is 1.95. The standard InChI is InChI=1S/C12H15BrFNO2/c1-7(2)15-11(12(16)17-3)9-6-8(14)4-5-10(9)13/h4-7,11,15H,1-3H3. The van der Waals surface area contributed by atoms with Gasteiger partial charge in [-0.05, 0) is 37.6 Å². The lowest BCUT2D eigenvalue weighted by Gasteiger charge is -2.20. The minimum absolute atomic E-state index is 0.0780. The van der Waals surface area contributed by atoms with Crippen molar-refractivity contribution in [3.63, 3.8) is 0 Å². The molecule has 5 heteroatoms. The lowest BCUT2D eigenvalue weighted by atomic mass is 10.1. The van der Waals surface area contributed by atoms with Crippen LogP contribution in [0.2, 0.25) is 0 Å². The summed E-state index contributed by atoms with van der Waals surface area (Å²) in [5, 5.41) is 3.04. The van der Waals surface area contributed by atoms with Gasteiger partial charge < -0.3 is 4.74 Å². The van der Waals surface area contributed by atoms with Gasteiger partial charge in [0, 0.05) is 10.5 Å². The Morgan fingerprint density at radius 2 is 2.12 bits per heavy atom. The Morgan fingerprint density at radius 3 is 2.65 bits per heavy atom. The second-order valence-electron chi connectivity index (χ2n) is 3.94. The summed E-state index contributed by atoms with van der Waals surface area (Å²) in [6.07, 6.45) is 0. The van der Waals surface area contributed by atoms with Crippen molar-refractivity contribution in [2.75, 3.05) is 7.11 Å². The van der Waals surface area contributed by atoms with Crippen molar-refractivity contribution in [1.82, 2.24) is 5.32 Å². The summed E-state index contributed by atoms with van der Waals surface area (Å²) in [5.41, 5.74) is 0.533. The molecule has 3 nitrogen and oxygen atoms in total. The van der Waals surface area contributed by atoms with Gasteiger partial charge in [0.15, 0.2) is 0 Å². The summed E-state index contributed by atoms with van der Waals surface area (Å²) in [5.74, 6) is -0.826. The number of hydrogen-bond donors (Lipinski definition) is 1. The molecule has 0 aromatic heterocycles. The van der Waals surface area contributed by atoms with Gasteiger partial charge in [0.1, 0.15) is 11.9 Å². The summed E-state index contributed by atoms with van der Waals surface area (Å²) in [7, 11) is 1.31. The highest BCUT2D eigenvalue weighted by molar-refractivity contribution is 9.10. The van der Waals surface area contributed by atoms with Crippen LogP contribution in [0.3, 0.4) is 0 Å². The monoisotopic (exact) mass is 303 g/mol. The molecular weight excluding hydrogens is 289 g/mol. The zero-order valence-electron chi connectivity index (χ0n) is 9.96. The van der Waals surface area contributed by atoms with Crippen LogP contribution in [-0.2, 0) is 9.53 Å². The number of hydrogen-bond acceptors (Lipinski definition) is 3. The summed E-state index contributed by atoms with van der Waals surface area (Å²) < 4.78 is 18.6. The molecule has 94 valence electrons. The number of halogens is 2. The highest BCUT2D eigenvalue weighted by Gasteiger charge is 2.24. The van der Waals surface area contributed by atoms with Crippen LogP contribution in [0.4, 0.5) is 4.39 Å². The lowest BCUT2D eigenvalue weighted by molar-refractivity contribution is -0.143. The van der Waals surface area contributed by atoms with Crippen molar-refractivity contribution in [3.8, 4) is 0 Å². The van der Waals surface area contributed by atoms with Crippen molar-refractivity contribution in [3.05, 3.63) is 34.1 Å². The molecule has 0 aliphatic heterocycles. The summed E-state index contributed by atoms with van der Waals surface area (Å²) in [6.45, 7) is 3.81. The summed E-state index contributed by atoms with van der Waals surface area (Å²) in [4.78, 5) is 11.7. The predicted octanol–water partition coefficient (Wildman–Crippen LogP) is 2.80. The third kappa shape index (κ3) is 3.78. The number of methoxy groups -OCH3 is 1. The molecule has 0 spiro atoms. The third-order valence-corrected chi connectivity index (χ3v) is 2.93. The fourth-order valence-electron chi connectivity index (χ4n) is 1.47. The van der Waals surface area contributed by atoms with Gasteiger partial charge in [0.05, 0.1) is 7.11 Å². The molecule has 1 aromatic carbocycles. The number of carbonyl (C=O) groups excluding carboxylic acids is 1. The van der Waals surface area contributed by atoms with Crippen molar-refractivity contribution in [2.45, 2.75) is 25.9 Å². The highest BCUT2D eigenvalue weighted by atomic mass is 79.9. The molecular formula is C12H15BrFNO2. The molecule has 17 heavy (non-hydrogen) atoms. The number of benzene rings is 1. The topological polar surface area (TPSA) is 38.3 Å². The molecule has 1 rings (SSSR count). The Balaban J connectivity index is 3.11. The van der Waals surface area contributed by atoms with Gasteiger partial charge in [-0.15, -0.1) is 0 Å². The maximum Gasteiger partial charge on any atom is 0.327 e. The van der Waals surface area contributed by atoms with E-state index in [1.165, 1.54) is 19.2 Å². The SMILES string of the molecule is COC(=O)C(NC(C)C)c1cc(F)ccc1Br. The summed E-state index contributed by atoms with van der Waals surface area (Å²) in [6, 6.07) is 3.63. The molecule has 0 fully saturated rings. The van der Waals surface area contributed by atoms with E-state index in [0.29, 0.717) is 10.0 Å². The molecule has 1 aromatic rings.